The molecule has 0 aromatic heterocycles. The number of hydrogen-bond acceptors (Lipinski definition) is 4. The van der Waals surface area contributed by atoms with Crippen LogP contribution in [0, 0.1) is 0 Å². The Morgan fingerprint density at radius 2 is 1.85 bits per heavy atom. The molecule has 0 saturated carbocycles. The molecule has 0 spiro atoms. The predicted octanol–water partition coefficient (Wildman–Crippen LogP) is 5.05. The summed E-state index contributed by atoms with van der Waals surface area (Å²) in [5, 5.41) is 2.84. The van der Waals surface area contributed by atoms with E-state index < -0.39 is 6.10 Å². The summed E-state index contributed by atoms with van der Waals surface area (Å²) >= 11 is 0. The van der Waals surface area contributed by atoms with Crippen LogP contribution < -0.4 is 19.7 Å². The third-order valence-corrected chi connectivity index (χ3v) is 5.31. The van der Waals surface area contributed by atoms with Gasteiger partial charge in [0.2, 0.25) is 5.91 Å². The van der Waals surface area contributed by atoms with Crippen LogP contribution in [-0.2, 0) is 16.2 Å². The van der Waals surface area contributed by atoms with E-state index in [9.17, 15) is 9.59 Å². The summed E-state index contributed by atoms with van der Waals surface area (Å²) in [6.45, 7) is 4.67. The van der Waals surface area contributed by atoms with Crippen molar-refractivity contribution < 1.29 is 19.1 Å². The molecule has 1 heterocycles. The van der Waals surface area contributed by atoms with Crippen molar-refractivity contribution in [2.75, 3.05) is 16.8 Å². The smallest absolute Gasteiger partial charge is 0.267 e. The van der Waals surface area contributed by atoms with Gasteiger partial charge < -0.3 is 19.7 Å². The Kier molecular flexibility index (Phi) is 6.74. The van der Waals surface area contributed by atoms with Crippen LogP contribution in [0.1, 0.15) is 25.0 Å². The molecule has 0 radical (unpaired) electrons. The maximum absolute atomic E-state index is 12.4. The molecule has 33 heavy (non-hydrogen) atoms. The number of carbonyl (C=O) groups excluding carboxylic acids is 2. The van der Waals surface area contributed by atoms with Crippen molar-refractivity contribution in [2.45, 2.75) is 26.6 Å². The van der Waals surface area contributed by atoms with E-state index in [0.717, 1.165) is 16.9 Å². The largest absolute Gasteiger partial charge is 0.489 e. The summed E-state index contributed by atoms with van der Waals surface area (Å²) in [5.41, 5.74) is 3.24. The fourth-order valence-electron chi connectivity index (χ4n) is 3.58. The second-order valence-electron chi connectivity index (χ2n) is 7.69. The highest BCUT2D eigenvalue weighted by molar-refractivity contribution is 6.04. The van der Waals surface area contributed by atoms with Crippen LogP contribution in [0.2, 0.25) is 0 Å². The lowest BCUT2D eigenvalue weighted by Gasteiger charge is -2.32. The molecule has 0 fully saturated rings. The lowest BCUT2D eigenvalue weighted by atomic mass is 10.1. The number of hydrogen-bond donors (Lipinski definition) is 1. The van der Waals surface area contributed by atoms with Crippen LogP contribution in [-0.4, -0.2) is 24.5 Å². The van der Waals surface area contributed by atoms with Crippen LogP contribution in [0.3, 0.4) is 0 Å². The highest BCUT2D eigenvalue weighted by Crippen LogP contribution is 2.36. The molecule has 0 saturated heterocycles. The molecule has 0 aliphatic carbocycles. The standard InChI is InChI=1S/C27H26N2O4/c1-3-29-24-17-22(12-15-25(24)33-19(2)27(29)31)28-26(30)16-11-20-9-13-23(14-10-20)32-18-21-7-5-4-6-8-21/h4-17,19H,3,18H2,1-2H3,(H,28,30)/b16-11+. The fraction of sp³-hybridized carbons (Fsp3) is 0.185. The maximum Gasteiger partial charge on any atom is 0.267 e. The molecule has 2 amide bonds. The lowest BCUT2D eigenvalue weighted by Crippen LogP contribution is -2.44. The predicted molar refractivity (Wildman–Crippen MR) is 129 cm³/mol. The van der Waals surface area contributed by atoms with E-state index in [1.807, 2.05) is 61.5 Å². The average molecular weight is 443 g/mol. The number of fused-ring (bicyclic) bond motifs is 1. The number of benzene rings is 3. The Morgan fingerprint density at radius 1 is 1.09 bits per heavy atom. The van der Waals surface area contributed by atoms with Gasteiger partial charge in [-0.3, -0.25) is 9.59 Å². The van der Waals surface area contributed by atoms with Gasteiger partial charge in [-0.15, -0.1) is 0 Å². The molecule has 1 N–H and O–H groups in total. The summed E-state index contributed by atoms with van der Waals surface area (Å²) in [6, 6.07) is 22.8. The molecule has 0 bridgehead atoms. The van der Waals surface area contributed by atoms with Gasteiger partial charge in [-0.25, -0.2) is 0 Å². The van der Waals surface area contributed by atoms with Crippen LogP contribution in [0.5, 0.6) is 11.5 Å². The van der Waals surface area contributed by atoms with Gasteiger partial charge in [-0.1, -0.05) is 42.5 Å². The van der Waals surface area contributed by atoms with Crippen molar-refractivity contribution in [2.24, 2.45) is 0 Å². The summed E-state index contributed by atoms with van der Waals surface area (Å²) in [5.74, 6) is 1.04. The summed E-state index contributed by atoms with van der Waals surface area (Å²) in [4.78, 5) is 26.4. The molecule has 6 heteroatoms. The van der Waals surface area contributed by atoms with Gasteiger partial charge in [0.1, 0.15) is 18.1 Å². The van der Waals surface area contributed by atoms with Crippen LogP contribution >= 0.6 is 0 Å². The quantitative estimate of drug-likeness (QED) is 0.520. The number of ether oxygens (including phenoxy) is 2. The monoisotopic (exact) mass is 442 g/mol. The molecule has 6 nitrogen and oxygen atoms in total. The van der Waals surface area contributed by atoms with Gasteiger partial charge in [0.15, 0.2) is 6.10 Å². The second-order valence-corrected chi connectivity index (χ2v) is 7.69. The van der Waals surface area contributed by atoms with E-state index >= 15 is 0 Å². The minimum atomic E-state index is -0.518. The third kappa shape index (κ3) is 5.41. The molecule has 1 atom stereocenters. The zero-order chi connectivity index (χ0) is 23.2. The van der Waals surface area contributed by atoms with Crippen molar-refractivity contribution in [3.63, 3.8) is 0 Å². The van der Waals surface area contributed by atoms with Crippen LogP contribution in [0.15, 0.2) is 78.9 Å². The lowest BCUT2D eigenvalue weighted by molar-refractivity contribution is -0.125. The Bertz CT molecular complexity index is 1160. The normalized spacial score (nSPS) is 15.2. The first-order valence-corrected chi connectivity index (χ1v) is 10.9. The zero-order valence-corrected chi connectivity index (χ0v) is 18.7. The molecular formula is C27H26N2O4. The molecular weight excluding hydrogens is 416 g/mol. The molecule has 3 aromatic carbocycles. The van der Waals surface area contributed by atoms with Crippen molar-refractivity contribution in [1.29, 1.82) is 0 Å². The van der Waals surface area contributed by atoms with Gasteiger partial charge in [-0.05, 0) is 61.4 Å². The first-order valence-electron chi connectivity index (χ1n) is 10.9. The second kappa shape index (κ2) is 10.0. The summed E-state index contributed by atoms with van der Waals surface area (Å²) in [6.07, 6.45) is 2.69. The number of nitrogens with zero attached hydrogens (tertiary/aromatic N) is 1. The highest BCUT2D eigenvalue weighted by atomic mass is 16.5. The van der Waals surface area contributed by atoms with Gasteiger partial charge in [0, 0.05) is 18.3 Å². The van der Waals surface area contributed by atoms with Crippen molar-refractivity contribution in [3.8, 4) is 11.5 Å². The first kappa shape index (κ1) is 22.1. The van der Waals surface area contributed by atoms with Gasteiger partial charge in [-0.2, -0.15) is 0 Å². The maximum atomic E-state index is 12.4. The third-order valence-electron chi connectivity index (χ3n) is 5.31. The van der Waals surface area contributed by atoms with E-state index in [4.69, 9.17) is 9.47 Å². The van der Waals surface area contributed by atoms with Gasteiger partial charge in [0.05, 0.1) is 5.69 Å². The minimum Gasteiger partial charge on any atom is -0.489 e. The molecule has 4 rings (SSSR count). The van der Waals surface area contributed by atoms with E-state index in [1.54, 1.807) is 36.1 Å². The molecule has 3 aromatic rings. The molecule has 1 aliphatic heterocycles. The van der Waals surface area contributed by atoms with Crippen molar-refractivity contribution in [3.05, 3.63) is 90.0 Å². The Balaban J connectivity index is 1.35. The fourth-order valence-corrected chi connectivity index (χ4v) is 3.58. The van der Waals surface area contributed by atoms with Gasteiger partial charge in [0.25, 0.3) is 5.91 Å². The first-order chi connectivity index (χ1) is 16.0. The highest BCUT2D eigenvalue weighted by Gasteiger charge is 2.30. The Labute approximate surface area is 193 Å². The average Bonchev–Trinajstić information content (AvgIpc) is 2.84. The van der Waals surface area contributed by atoms with Crippen LogP contribution in [0.4, 0.5) is 11.4 Å². The molecule has 1 aliphatic rings. The Hall–Kier alpha value is -4.06. The molecule has 1 unspecified atom stereocenters. The van der Waals surface area contributed by atoms with E-state index in [-0.39, 0.29) is 11.8 Å². The van der Waals surface area contributed by atoms with Gasteiger partial charge >= 0.3 is 0 Å². The number of likely N-dealkylation sites (N-methyl/N-ethyl adjacent to an activating group) is 1. The van der Waals surface area contributed by atoms with Crippen LogP contribution in [0.25, 0.3) is 6.08 Å². The molecule has 168 valence electrons. The van der Waals surface area contributed by atoms with E-state index in [1.165, 1.54) is 6.08 Å². The SMILES string of the molecule is CCN1C(=O)C(C)Oc2ccc(NC(=O)/C=C/c3ccc(OCc4ccccc4)cc3)cc21. The number of amides is 2. The number of rotatable bonds is 7. The Morgan fingerprint density at radius 3 is 2.58 bits per heavy atom. The van der Waals surface area contributed by atoms with Crippen molar-refractivity contribution >= 4 is 29.3 Å². The number of nitrogens with one attached hydrogen (secondary N) is 1. The summed E-state index contributed by atoms with van der Waals surface area (Å²) in [7, 11) is 0. The number of carbonyl (C=O) groups is 2. The van der Waals surface area contributed by atoms with E-state index in [0.29, 0.717) is 30.3 Å². The van der Waals surface area contributed by atoms with Crippen molar-refractivity contribution in [1.82, 2.24) is 0 Å². The zero-order valence-electron chi connectivity index (χ0n) is 18.7. The number of anilines is 2. The topological polar surface area (TPSA) is 67.9 Å². The van der Waals surface area contributed by atoms with E-state index in [2.05, 4.69) is 5.32 Å². The summed E-state index contributed by atoms with van der Waals surface area (Å²) < 4.78 is 11.5. The minimum absolute atomic E-state index is 0.0930.